The lowest BCUT2D eigenvalue weighted by molar-refractivity contribution is -0.0646. The standard InChI is InChI=1S/C12H26O3Si/c1-12(10-16(3,4)5)6-7-14-11-15-9-8-13-2/h10H,6-9,11H2,1-5H3/b12-10-. The van der Waals surface area contributed by atoms with Crippen molar-refractivity contribution in [3.05, 3.63) is 11.3 Å². The predicted octanol–water partition coefficient (Wildman–Crippen LogP) is 2.84. The van der Waals surface area contributed by atoms with Crippen molar-refractivity contribution >= 4 is 8.07 Å². The van der Waals surface area contributed by atoms with Gasteiger partial charge < -0.3 is 14.2 Å². The van der Waals surface area contributed by atoms with E-state index < -0.39 is 8.07 Å². The van der Waals surface area contributed by atoms with Gasteiger partial charge in [-0.1, -0.05) is 30.9 Å². The summed E-state index contributed by atoms with van der Waals surface area (Å²) in [5.74, 6) is 0. The van der Waals surface area contributed by atoms with Crippen LogP contribution in [0.3, 0.4) is 0 Å². The minimum Gasteiger partial charge on any atom is -0.382 e. The molecule has 4 heteroatoms. The Hall–Kier alpha value is -0.163. The largest absolute Gasteiger partial charge is 0.382 e. The summed E-state index contributed by atoms with van der Waals surface area (Å²) >= 11 is 0. The number of methoxy groups -OCH3 is 1. The molecule has 0 atom stereocenters. The zero-order chi connectivity index (χ0) is 12.4. The number of rotatable bonds is 9. The molecule has 0 rings (SSSR count). The molecule has 0 fully saturated rings. The third-order valence-electron chi connectivity index (χ3n) is 1.92. The lowest BCUT2D eigenvalue weighted by Gasteiger charge is -2.12. The van der Waals surface area contributed by atoms with Crippen molar-refractivity contribution in [2.24, 2.45) is 0 Å². The Kier molecular flexibility index (Phi) is 8.84. The van der Waals surface area contributed by atoms with Gasteiger partial charge in [-0.2, -0.15) is 0 Å². The highest BCUT2D eigenvalue weighted by Gasteiger charge is 2.08. The van der Waals surface area contributed by atoms with Crippen molar-refractivity contribution in [1.29, 1.82) is 0 Å². The molecule has 0 amide bonds. The van der Waals surface area contributed by atoms with Crippen LogP contribution in [0.4, 0.5) is 0 Å². The average Bonchev–Trinajstić information content (AvgIpc) is 2.13. The Labute approximate surface area is 101 Å². The summed E-state index contributed by atoms with van der Waals surface area (Å²) in [5.41, 5.74) is 3.85. The SMILES string of the molecule is COCCOCOCC/C(C)=C\[Si](C)(C)C. The van der Waals surface area contributed by atoms with E-state index in [0.717, 1.165) is 13.0 Å². The molecule has 0 spiro atoms. The van der Waals surface area contributed by atoms with E-state index in [4.69, 9.17) is 14.2 Å². The highest BCUT2D eigenvalue weighted by Crippen LogP contribution is 2.09. The van der Waals surface area contributed by atoms with Crippen LogP contribution < -0.4 is 0 Å². The summed E-state index contributed by atoms with van der Waals surface area (Å²) in [4.78, 5) is 0. The monoisotopic (exact) mass is 246 g/mol. The zero-order valence-electron chi connectivity index (χ0n) is 11.3. The summed E-state index contributed by atoms with van der Waals surface area (Å²) < 4.78 is 15.4. The third kappa shape index (κ3) is 11.9. The smallest absolute Gasteiger partial charge is 0.146 e. The molecule has 0 saturated heterocycles. The van der Waals surface area contributed by atoms with E-state index in [0.29, 0.717) is 20.0 Å². The summed E-state index contributed by atoms with van der Waals surface area (Å²) in [7, 11) is 0.590. The molecule has 0 aromatic heterocycles. The number of hydrogen-bond acceptors (Lipinski definition) is 3. The van der Waals surface area contributed by atoms with Gasteiger partial charge in [-0.05, 0) is 13.3 Å². The van der Waals surface area contributed by atoms with Crippen LogP contribution in [-0.2, 0) is 14.2 Å². The van der Waals surface area contributed by atoms with E-state index in [-0.39, 0.29) is 0 Å². The highest BCUT2D eigenvalue weighted by atomic mass is 28.3. The maximum absolute atomic E-state index is 5.36. The second kappa shape index (κ2) is 8.93. The molecule has 3 nitrogen and oxygen atoms in total. The van der Waals surface area contributed by atoms with E-state index in [1.54, 1.807) is 7.11 Å². The van der Waals surface area contributed by atoms with Crippen molar-refractivity contribution in [2.75, 3.05) is 33.7 Å². The van der Waals surface area contributed by atoms with E-state index >= 15 is 0 Å². The van der Waals surface area contributed by atoms with Gasteiger partial charge in [-0.25, -0.2) is 0 Å². The molecule has 0 aromatic rings. The molecular weight excluding hydrogens is 220 g/mol. The Morgan fingerprint density at radius 2 is 1.69 bits per heavy atom. The molecular formula is C12H26O3Si. The molecule has 16 heavy (non-hydrogen) atoms. The van der Waals surface area contributed by atoms with Crippen molar-refractivity contribution in [1.82, 2.24) is 0 Å². The molecule has 0 saturated carbocycles. The lowest BCUT2D eigenvalue weighted by Crippen LogP contribution is -2.16. The fraction of sp³-hybridized carbons (Fsp3) is 0.833. The van der Waals surface area contributed by atoms with Gasteiger partial charge in [-0.3, -0.25) is 0 Å². The van der Waals surface area contributed by atoms with Crippen LogP contribution in [0, 0.1) is 0 Å². The van der Waals surface area contributed by atoms with Crippen LogP contribution in [0.5, 0.6) is 0 Å². The topological polar surface area (TPSA) is 27.7 Å². The number of ether oxygens (including phenoxy) is 3. The summed E-state index contributed by atoms with van der Waals surface area (Å²) in [6, 6.07) is 0. The first-order valence-electron chi connectivity index (χ1n) is 5.78. The van der Waals surface area contributed by atoms with Crippen molar-refractivity contribution < 1.29 is 14.2 Å². The molecule has 0 aliphatic carbocycles. The highest BCUT2D eigenvalue weighted by molar-refractivity contribution is 6.81. The van der Waals surface area contributed by atoms with Crippen molar-refractivity contribution in [3.8, 4) is 0 Å². The quantitative estimate of drug-likeness (QED) is 0.356. The Morgan fingerprint density at radius 1 is 1.06 bits per heavy atom. The number of hydrogen-bond donors (Lipinski definition) is 0. The van der Waals surface area contributed by atoms with Gasteiger partial charge in [0.15, 0.2) is 0 Å². The second-order valence-corrected chi connectivity index (χ2v) is 10.1. The van der Waals surface area contributed by atoms with Gasteiger partial charge in [0.2, 0.25) is 0 Å². The van der Waals surface area contributed by atoms with Crippen LogP contribution in [0.2, 0.25) is 19.6 Å². The predicted molar refractivity (Wildman–Crippen MR) is 70.4 cm³/mol. The fourth-order valence-electron chi connectivity index (χ4n) is 1.36. The Morgan fingerprint density at radius 3 is 2.25 bits per heavy atom. The summed E-state index contributed by atoms with van der Waals surface area (Å²) in [6.45, 7) is 11.5. The van der Waals surface area contributed by atoms with E-state index in [1.165, 1.54) is 5.57 Å². The molecule has 0 N–H and O–H groups in total. The molecule has 96 valence electrons. The second-order valence-electron chi connectivity index (χ2n) is 5.03. The first-order valence-corrected chi connectivity index (χ1v) is 9.36. The summed E-state index contributed by atoms with van der Waals surface area (Å²) in [5, 5.41) is 0. The Balaban J connectivity index is 3.41. The van der Waals surface area contributed by atoms with Crippen LogP contribution in [-0.4, -0.2) is 41.8 Å². The first-order chi connectivity index (χ1) is 7.45. The summed E-state index contributed by atoms with van der Waals surface area (Å²) in [6.07, 6.45) is 0.998. The molecule has 0 aliphatic heterocycles. The average molecular weight is 246 g/mol. The molecule has 0 aromatic carbocycles. The van der Waals surface area contributed by atoms with Gasteiger partial charge in [0.25, 0.3) is 0 Å². The fourth-order valence-corrected chi connectivity index (χ4v) is 2.99. The third-order valence-corrected chi connectivity index (χ3v) is 3.28. The normalized spacial score (nSPS) is 13.2. The maximum Gasteiger partial charge on any atom is 0.146 e. The van der Waals surface area contributed by atoms with Crippen LogP contribution in [0.15, 0.2) is 11.3 Å². The van der Waals surface area contributed by atoms with Crippen LogP contribution in [0.1, 0.15) is 13.3 Å². The minimum absolute atomic E-state index is 0.365. The molecule has 0 radical (unpaired) electrons. The van der Waals surface area contributed by atoms with E-state index in [9.17, 15) is 0 Å². The van der Waals surface area contributed by atoms with Crippen LogP contribution in [0.25, 0.3) is 0 Å². The lowest BCUT2D eigenvalue weighted by atomic mass is 10.3. The maximum atomic E-state index is 5.36. The van der Waals surface area contributed by atoms with Gasteiger partial charge in [0.05, 0.1) is 27.9 Å². The molecule has 0 bridgehead atoms. The zero-order valence-corrected chi connectivity index (χ0v) is 12.3. The van der Waals surface area contributed by atoms with E-state index in [1.807, 2.05) is 0 Å². The first kappa shape index (κ1) is 15.8. The van der Waals surface area contributed by atoms with Gasteiger partial charge >= 0.3 is 0 Å². The van der Waals surface area contributed by atoms with Crippen molar-refractivity contribution in [3.63, 3.8) is 0 Å². The van der Waals surface area contributed by atoms with Crippen LogP contribution >= 0.6 is 0 Å². The molecule has 0 aliphatic rings. The Bertz CT molecular complexity index is 197. The molecule has 0 unspecified atom stereocenters. The van der Waals surface area contributed by atoms with E-state index in [2.05, 4.69) is 32.3 Å². The van der Waals surface area contributed by atoms with Crippen molar-refractivity contribution in [2.45, 2.75) is 33.0 Å². The minimum atomic E-state index is -1.07. The van der Waals surface area contributed by atoms with Gasteiger partial charge in [-0.15, -0.1) is 0 Å². The van der Waals surface area contributed by atoms with Gasteiger partial charge in [0.1, 0.15) is 6.79 Å². The van der Waals surface area contributed by atoms with Gasteiger partial charge in [0, 0.05) is 7.11 Å². The molecule has 0 heterocycles.